The zero-order valence-electron chi connectivity index (χ0n) is 19.1. The van der Waals surface area contributed by atoms with Crippen molar-refractivity contribution in [2.45, 2.75) is 39.0 Å². The molecule has 34 heavy (non-hydrogen) atoms. The first-order chi connectivity index (χ1) is 16.3. The highest BCUT2D eigenvalue weighted by Crippen LogP contribution is 2.27. The molecule has 9 nitrogen and oxygen atoms in total. The van der Waals surface area contributed by atoms with Gasteiger partial charge in [-0.05, 0) is 31.9 Å². The van der Waals surface area contributed by atoms with Crippen LogP contribution in [0.15, 0.2) is 73.2 Å². The van der Waals surface area contributed by atoms with E-state index in [0.717, 1.165) is 11.1 Å². The Hall–Kier alpha value is -4.27. The average Bonchev–Trinajstić information content (AvgIpc) is 3.20. The lowest BCUT2D eigenvalue weighted by Gasteiger charge is -2.19. The molecule has 0 saturated carbocycles. The number of amides is 1. The maximum atomic E-state index is 12.9. The van der Waals surface area contributed by atoms with Crippen LogP contribution in [0, 0.1) is 0 Å². The summed E-state index contributed by atoms with van der Waals surface area (Å²) in [6.45, 7) is 5.28. The van der Waals surface area contributed by atoms with Gasteiger partial charge in [0.25, 0.3) is 0 Å². The Morgan fingerprint density at radius 2 is 1.59 bits per heavy atom. The lowest BCUT2D eigenvalue weighted by atomic mass is 10.0. The van der Waals surface area contributed by atoms with E-state index < -0.39 is 23.8 Å². The molecule has 0 bridgehead atoms. The first-order valence-electron chi connectivity index (χ1n) is 10.8. The zero-order chi connectivity index (χ0) is 24.1. The van der Waals surface area contributed by atoms with Crippen molar-refractivity contribution >= 4 is 28.9 Å². The second-order valence-corrected chi connectivity index (χ2v) is 8.60. The number of benzene rings is 2. The fraction of sp³-hybridized carbons (Fsp3) is 0.240. The molecule has 0 spiro atoms. The van der Waals surface area contributed by atoms with Crippen molar-refractivity contribution in [3.05, 3.63) is 84.3 Å². The number of esters is 1. The van der Waals surface area contributed by atoms with Gasteiger partial charge in [-0.1, -0.05) is 60.7 Å². The van der Waals surface area contributed by atoms with Crippen LogP contribution in [-0.2, 0) is 20.8 Å². The van der Waals surface area contributed by atoms with E-state index in [1.165, 1.54) is 11.0 Å². The summed E-state index contributed by atoms with van der Waals surface area (Å²) < 4.78 is 12.5. The molecule has 0 aliphatic rings. The molecular formula is C25H25N5O4. The number of fused-ring (bicyclic) bond motifs is 1. The van der Waals surface area contributed by atoms with Crippen molar-refractivity contribution in [1.82, 2.24) is 19.7 Å². The van der Waals surface area contributed by atoms with Crippen molar-refractivity contribution in [3.63, 3.8) is 0 Å². The molecule has 9 heteroatoms. The van der Waals surface area contributed by atoms with Crippen molar-refractivity contribution in [1.29, 1.82) is 0 Å². The molecule has 0 saturated heterocycles. The fourth-order valence-electron chi connectivity index (χ4n) is 3.39. The SMILES string of the molecule is CC(C)(C)OC(=O)Cn1cc2c(NC(=O)OC(c3ccccc3)c3ccccc3)ncnc2n1. The summed E-state index contributed by atoms with van der Waals surface area (Å²) in [5.41, 5.74) is 1.40. The van der Waals surface area contributed by atoms with E-state index in [1.54, 1.807) is 27.0 Å². The predicted octanol–water partition coefficient (Wildman–Crippen LogP) is 4.51. The maximum Gasteiger partial charge on any atom is 0.413 e. The number of nitrogens with zero attached hydrogens (tertiary/aromatic N) is 4. The third kappa shape index (κ3) is 5.74. The minimum Gasteiger partial charge on any atom is -0.459 e. The Bertz CT molecular complexity index is 1240. The van der Waals surface area contributed by atoms with Gasteiger partial charge in [0.2, 0.25) is 0 Å². The van der Waals surface area contributed by atoms with Gasteiger partial charge in [0, 0.05) is 6.20 Å². The van der Waals surface area contributed by atoms with Crippen LogP contribution in [0.3, 0.4) is 0 Å². The summed E-state index contributed by atoms with van der Waals surface area (Å²) in [5, 5.41) is 7.43. The van der Waals surface area contributed by atoms with E-state index in [4.69, 9.17) is 9.47 Å². The van der Waals surface area contributed by atoms with Crippen LogP contribution in [0.1, 0.15) is 38.0 Å². The monoisotopic (exact) mass is 459 g/mol. The number of aromatic nitrogens is 4. The van der Waals surface area contributed by atoms with Crippen LogP contribution in [0.25, 0.3) is 11.0 Å². The predicted molar refractivity (Wildman–Crippen MR) is 126 cm³/mol. The number of ether oxygens (including phenoxy) is 2. The molecule has 0 atom stereocenters. The highest BCUT2D eigenvalue weighted by atomic mass is 16.6. The molecule has 2 aromatic carbocycles. The summed E-state index contributed by atoms with van der Waals surface area (Å²) in [4.78, 5) is 33.3. The number of carbonyl (C=O) groups is 2. The molecule has 1 amide bonds. The number of nitrogens with one attached hydrogen (secondary N) is 1. The van der Waals surface area contributed by atoms with Crippen LogP contribution in [0.2, 0.25) is 0 Å². The first kappa shape index (κ1) is 22.9. The third-order valence-corrected chi connectivity index (χ3v) is 4.73. The van der Waals surface area contributed by atoms with Gasteiger partial charge in [-0.3, -0.25) is 14.8 Å². The molecule has 2 heterocycles. The van der Waals surface area contributed by atoms with Crippen LogP contribution < -0.4 is 5.32 Å². The van der Waals surface area contributed by atoms with Crippen molar-refractivity contribution in [3.8, 4) is 0 Å². The van der Waals surface area contributed by atoms with E-state index in [1.807, 2.05) is 60.7 Å². The minimum atomic E-state index is -0.683. The van der Waals surface area contributed by atoms with Gasteiger partial charge in [0.15, 0.2) is 11.8 Å². The Balaban J connectivity index is 1.53. The van der Waals surface area contributed by atoms with Gasteiger partial charge < -0.3 is 9.47 Å². The van der Waals surface area contributed by atoms with Crippen molar-refractivity contribution in [2.24, 2.45) is 0 Å². The second-order valence-electron chi connectivity index (χ2n) is 8.60. The average molecular weight is 460 g/mol. The van der Waals surface area contributed by atoms with Gasteiger partial charge in [0.05, 0.1) is 5.39 Å². The summed E-state index contributed by atoms with van der Waals surface area (Å²) in [5.74, 6) is -0.207. The summed E-state index contributed by atoms with van der Waals surface area (Å²) in [6, 6.07) is 18.9. The Morgan fingerprint density at radius 1 is 0.971 bits per heavy atom. The van der Waals surface area contributed by atoms with Gasteiger partial charge in [0.1, 0.15) is 24.3 Å². The molecule has 0 aliphatic heterocycles. The molecule has 0 fully saturated rings. The van der Waals surface area contributed by atoms with Gasteiger partial charge in [-0.15, -0.1) is 0 Å². The van der Waals surface area contributed by atoms with E-state index in [2.05, 4.69) is 20.4 Å². The molecule has 0 radical (unpaired) electrons. The molecule has 174 valence electrons. The summed E-state index contributed by atoms with van der Waals surface area (Å²) >= 11 is 0. The van der Waals surface area contributed by atoms with Gasteiger partial charge in [-0.2, -0.15) is 5.10 Å². The molecule has 4 aromatic rings. The molecular weight excluding hydrogens is 434 g/mol. The van der Waals surface area contributed by atoms with Gasteiger partial charge >= 0.3 is 12.1 Å². The summed E-state index contributed by atoms with van der Waals surface area (Å²) in [6.07, 6.45) is 1.59. The maximum absolute atomic E-state index is 12.9. The fourth-order valence-corrected chi connectivity index (χ4v) is 3.39. The molecule has 0 aliphatic carbocycles. The highest BCUT2D eigenvalue weighted by Gasteiger charge is 2.21. The second kappa shape index (κ2) is 9.70. The zero-order valence-corrected chi connectivity index (χ0v) is 19.1. The van der Waals surface area contributed by atoms with Crippen LogP contribution >= 0.6 is 0 Å². The Morgan fingerprint density at radius 3 is 2.18 bits per heavy atom. The largest absolute Gasteiger partial charge is 0.459 e. The lowest BCUT2D eigenvalue weighted by Crippen LogP contribution is -2.26. The minimum absolute atomic E-state index is 0.0956. The number of carbonyl (C=O) groups excluding carboxylic acids is 2. The van der Waals surface area contributed by atoms with E-state index in [-0.39, 0.29) is 12.4 Å². The van der Waals surface area contributed by atoms with Crippen molar-refractivity contribution in [2.75, 3.05) is 5.32 Å². The standard InChI is InChI=1S/C25H25N5O4/c1-25(2,3)34-20(31)15-30-14-19-22(26-16-27-23(19)29-30)28-24(32)33-21(17-10-6-4-7-11-17)18-12-8-5-9-13-18/h4-14,16,21H,15H2,1-3H3,(H,26,27,28,29,32). The topological polar surface area (TPSA) is 108 Å². The number of hydrogen-bond acceptors (Lipinski definition) is 7. The van der Waals surface area contributed by atoms with Crippen LogP contribution in [-0.4, -0.2) is 37.4 Å². The van der Waals surface area contributed by atoms with Crippen molar-refractivity contribution < 1.29 is 19.1 Å². The lowest BCUT2D eigenvalue weighted by molar-refractivity contribution is -0.155. The molecule has 0 unspecified atom stereocenters. The first-order valence-corrected chi connectivity index (χ1v) is 10.8. The molecule has 1 N–H and O–H groups in total. The normalized spacial score (nSPS) is 11.4. The molecule has 2 aromatic heterocycles. The Kier molecular flexibility index (Phi) is 6.53. The molecule has 4 rings (SSSR count). The van der Waals surface area contributed by atoms with Crippen LogP contribution in [0.4, 0.5) is 10.6 Å². The number of rotatable bonds is 6. The smallest absolute Gasteiger partial charge is 0.413 e. The number of hydrogen-bond donors (Lipinski definition) is 1. The van der Waals surface area contributed by atoms with Gasteiger partial charge in [-0.25, -0.2) is 14.8 Å². The highest BCUT2D eigenvalue weighted by molar-refractivity contribution is 5.95. The van der Waals surface area contributed by atoms with E-state index >= 15 is 0 Å². The van der Waals surface area contributed by atoms with E-state index in [0.29, 0.717) is 11.0 Å². The van der Waals surface area contributed by atoms with Crippen LogP contribution in [0.5, 0.6) is 0 Å². The number of anilines is 1. The summed E-state index contributed by atoms with van der Waals surface area (Å²) in [7, 11) is 0. The Labute approximate surface area is 196 Å². The third-order valence-electron chi connectivity index (χ3n) is 4.73. The quantitative estimate of drug-likeness (QED) is 0.423. The van der Waals surface area contributed by atoms with E-state index in [9.17, 15) is 9.59 Å².